The van der Waals surface area contributed by atoms with Crippen molar-refractivity contribution in [1.29, 1.82) is 0 Å². The van der Waals surface area contributed by atoms with Crippen LogP contribution in [-0.2, 0) is 10.0 Å². The van der Waals surface area contributed by atoms with E-state index in [4.69, 9.17) is 5.73 Å². The lowest BCUT2D eigenvalue weighted by molar-refractivity contribution is 0.574. The molecule has 1 heterocycles. The molecular weight excluding hydrogens is 236 g/mol. The third kappa shape index (κ3) is 2.27. The molecule has 6 nitrogen and oxygen atoms in total. The van der Waals surface area contributed by atoms with E-state index in [2.05, 4.69) is 14.9 Å². The summed E-state index contributed by atoms with van der Waals surface area (Å²) in [5, 5.41) is 7.15. The van der Waals surface area contributed by atoms with Gasteiger partial charge in [0.25, 0.3) is 10.0 Å². The lowest BCUT2D eigenvalue weighted by Crippen LogP contribution is -2.26. The fourth-order valence-corrected chi connectivity index (χ4v) is 3.54. The Kier molecular flexibility index (Phi) is 2.65. The molecule has 0 spiro atoms. The van der Waals surface area contributed by atoms with Gasteiger partial charge in [-0.2, -0.15) is 0 Å². The number of sulfonamides is 1. The van der Waals surface area contributed by atoms with Gasteiger partial charge >= 0.3 is 0 Å². The number of aromatic nitrogens is 2. The van der Waals surface area contributed by atoms with Crippen LogP contribution in [0.5, 0.6) is 0 Å². The highest BCUT2D eigenvalue weighted by Gasteiger charge is 2.39. The molecule has 1 aliphatic carbocycles. The summed E-state index contributed by atoms with van der Waals surface area (Å²) in [6.45, 7) is 2.04. The van der Waals surface area contributed by atoms with E-state index >= 15 is 0 Å². The van der Waals surface area contributed by atoms with Crippen molar-refractivity contribution in [2.75, 3.05) is 5.73 Å². The van der Waals surface area contributed by atoms with Crippen LogP contribution >= 0.6 is 11.3 Å². The molecule has 0 amide bonds. The van der Waals surface area contributed by atoms with Crippen LogP contribution in [0.2, 0.25) is 0 Å². The molecule has 2 unspecified atom stereocenters. The van der Waals surface area contributed by atoms with E-state index < -0.39 is 10.0 Å². The minimum absolute atomic E-state index is 0.0539. The Morgan fingerprint density at radius 2 is 2.33 bits per heavy atom. The average Bonchev–Trinajstić information content (AvgIpc) is 2.74. The maximum Gasteiger partial charge on any atom is 0.270 e. The van der Waals surface area contributed by atoms with E-state index in [9.17, 15) is 8.42 Å². The summed E-state index contributed by atoms with van der Waals surface area (Å²) in [4.78, 5) is 0. The number of hydrogen-bond donors (Lipinski definition) is 2. The van der Waals surface area contributed by atoms with Crippen LogP contribution in [0.15, 0.2) is 4.34 Å². The van der Waals surface area contributed by atoms with Crippen LogP contribution < -0.4 is 10.5 Å². The second-order valence-electron chi connectivity index (χ2n) is 3.54. The molecule has 0 saturated heterocycles. The van der Waals surface area contributed by atoms with Crippen molar-refractivity contribution in [1.82, 2.24) is 14.9 Å². The highest BCUT2D eigenvalue weighted by Crippen LogP contribution is 2.34. The summed E-state index contributed by atoms with van der Waals surface area (Å²) in [6.07, 6.45) is 1.90. The minimum Gasteiger partial charge on any atom is -0.374 e. The van der Waals surface area contributed by atoms with E-state index in [0.717, 1.165) is 24.2 Å². The van der Waals surface area contributed by atoms with Crippen molar-refractivity contribution in [2.45, 2.75) is 30.1 Å². The van der Waals surface area contributed by atoms with Gasteiger partial charge in [0.05, 0.1) is 0 Å². The number of hydrogen-bond acceptors (Lipinski definition) is 6. The normalized spacial score (nSPS) is 25.4. The second-order valence-corrected chi connectivity index (χ2v) is 6.43. The number of rotatable bonds is 4. The first-order chi connectivity index (χ1) is 7.03. The molecule has 3 N–H and O–H groups in total. The summed E-state index contributed by atoms with van der Waals surface area (Å²) in [7, 11) is -3.50. The summed E-state index contributed by atoms with van der Waals surface area (Å²) < 4.78 is 25.9. The SMILES string of the molecule is CCC1CC1NS(=O)(=O)c1nnc(N)s1. The van der Waals surface area contributed by atoms with Gasteiger partial charge in [-0.3, -0.25) is 0 Å². The molecule has 1 aliphatic rings. The molecule has 0 bridgehead atoms. The average molecular weight is 248 g/mol. The van der Waals surface area contributed by atoms with Gasteiger partial charge in [0.1, 0.15) is 0 Å². The third-order valence-corrected chi connectivity index (χ3v) is 5.02. The molecule has 15 heavy (non-hydrogen) atoms. The molecule has 1 fully saturated rings. The molecule has 84 valence electrons. The fraction of sp³-hybridized carbons (Fsp3) is 0.714. The minimum atomic E-state index is -3.50. The van der Waals surface area contributed by atoms with Gasteiger partial charge in [-0.25, -0.2) is 13.1 Å². The molecule has 0 radical (unpaired) electrons. The topological polar surface area (TPSA) is 98.0 Å². The molecule has 1 aromatic rings. The highest BCUT2D eigenvalue weighted by molar-refractivity contribution is 7.91. The monoisotopic (exact) mass is 248 g/mol. The van der Waals surface area contributed by atoms with E-state index in [1.54, 1.807) is 0 Å². The van der Waals surface area contributed by atoms with E-state index in [-0.39, 0.29) is 15.5 Å². The zero-order valence-electron chi connectivity index (χ0n) is 8.17. The fourth-order valence-electron chi connectivity index (χ4n) is 1.42. The Morgan fingerprint density at radius 3 is 2.80 bits per heavy atom. The van der Waals surface area contributed by atoms with Crippen molar-refractivity contribution in [3.63, 3.8) is 0 Å². The summed E-state index contributed by atoms with van der Waals surface area (Å²) in [6, 6.07) is 0.0603. The molecule has 8 heteroatoms. The maximum atomic E-state index is 11.7. The molecular formula is C7H12N4O2S2. The Labute approximate surface area is 91.9 Å². The van der Waals surface area contributed by atoms with Crippen molar-refractivity contribution in [2.24, 2.45) is 5.92 Å². The van der Waals surface area contributed by atoms with Crippen LogP contribution in [0, 0.1) is 5.92 Å². The van der Waals surface area contributed by atoms with Crippen LogP contribution in [0.4, 0.5) is 5.13 Å². The Balaban J connectivity index is 2.08. The first-order valence-corrected chi connectivity index (χ1v) is 6.94. The van der Waals surface area contributed by atoms with Gasteiger partial charge in [0.2, 0.25) is 9.47 Å². The van der Waals surface area contributed by atoms with Gasteiger partial charge in [-0.1, -0.05) is 24.7 Å². The molecule has 1 saturated carbocycles. The summed E-state index contributed by atoms with van der Waals surface area (Å²) >= 11 is 0.878. The van der Waals surface area contributed by atoms with Gasteiger partial charge in [-0.05, 0) is 12.3 Å². The van der Waals surface area contributed by atoms with Crippen LogP contribution in [0.25, 0.3) is 0 Å². The zero-order valence-corrected chi connectivity index (χ0v) is 9.81. The second kappa shape index (κ2) is 3.69. The number of nitrogens with one attached hydrogen (secondary N) is 1. The zero-order chi connectivity index (χ0) is 11.1. The van der Waals surface area contributed by atoms with Gasteiger partial charge in [0, 0.05) is 6.04 Å². The predicted octanol–water partition coefficient (Wildman–Crippen LogP) is 0.197. The number of nitrogen functional groups attached to an aromatic ring is 1. The largest absolute Gasteiger partial charge is 0.374 e. The standard InChI is InChI=1S/C7H12N4O2S2/c1-2-4-3-5(4)11-15(12,13)7-10-9-6(8)14-7/h4-5,11H,2-3H2,1H3,(H2,8,9). The Bertz CT molecular complexity index is 455. The lowest BCUT2D eigenvalue weighted by Gasteiger charge is -2.00. The highest BCUT2D eigenvalue weighted by atomic mass is 32.2. The first-order valence-electron chi connectivity index (χ1n) is 4.64. The molecule has 1 aromatic heterocycles. The van der Waals surface area contributed by atoms with Gasteiger partial charge < -0.3 is 5.73 Å². The van der Waals surface area contributed by atoms with E-state index in [0.29, 0.717) is 5.92 Å². The smallest absolute Gasteiger partial charge is 0.270 e. The number of nitrogens with two attached hydrogens (primary N) is 1. The molecule has 0 aromatic carbocycles. The van der Waals surface area contributed by atoms with Gasteiger partial charge in [-0.15, -0.1) is 10.2 Å². The van der Waals surface area contributed by atoms with Crippen molar-refractivity contribution in [3.8, 4) is 0 Å². The van der Waals surface area contributed by atoms with E-state index in [1.807, 2.05) is 6.92 Å². The summed E-state index contributed by atoms with van der Waals surface area (Å²) in [5.74, 6) is 0.463. The predicted molar refractivity (Wildman–Crippen MR) is 56.8 cm³/mol. The lowest BCUT2D eigenvalue weighted by atomic mass is 10.3. The third-order valence-electron chi connectivity index (χ3n) is 2.41. The molecule has 0 aliphatic heterocycles. The van der Waals surface area contributed by atoms with Crippen molar-refractivity contribution < 1.29 is 8.42 Å². The first kappa shape index (κ1) is 10.8. The Morgan fingerprint density at radius 1 is 1.60 bits per heavy atom. The quantitative estimate of drug-likeness (QED) is 0.793. The molecule has 2 rings (SSSR count). The van der Waals surface area contributed by atoms with E-state index in [1.165, 1.54) is 0 Å². The van der Waals surface area contributed by atoms with Crippen LogP contribution in [-0.4, -0.2) is 24.7 Å². The maximum absolute atomic E-state index is 11.7. The summed E-state index contributed by atoms with van der Waals surface area (Å²) in [5.41, 5.74) is 5.33. The number of nitrogens with zero attached hydrogens (tertiary/aromatic N) is 2. The van der Waals surface area contributed by atoms with Gasteiger partial charge in [0.15, 0.2) is 0 Å². The van der Waals surface area contributed by atoms with Crippen LogP contribution in [0.1, 0.15) is 19.8 Å². The van der Waals surface area contributed by atoms with Crippen LogP contribution in [0.3, 0.4) is 0 Å². The van der Waals surface area contributed by atoms with Crippen molar-refractivity contribution >= 4 is 26.5 Å². The molecule has 2 atom stereocenters. The van der Waals surface area contributed by atoms with Crippen molar-refractivity contribution in [3.05, 3.63) is 0 Å². The number of anilines is 1. The Hall–Kier alpha value is -0.730.